The molecule has 4 unspecified atom stereocenters. The fourth-order valence-electron chi connectivity index (χ4n) is 3.20. The third-order valence-corrected chi connectivity index (χ3v) is 5.05. The maximum atomic E-state index is 13.0. The van der Waals surface area contributed by atoms with Crippen molar-refractivity contribution in [1.82, 2.24) is 25.9 Å². The van der Waals surface area contributed by atoms with Crippen molar-refractivity contribution in [2.45, 2.75) is 70.1 Å². The van der Waals surface area contributed by atoms with Gasteiger partial charge in [-0.3, -0.25) is 14.4 Å². The van der Waals surface area contributed by atoms with Crippen LogP contribution in [0.25, 0.3) is 0 Å². The van der Waals surface area contributed by atoms with Crippen LogP contribution in [0.5, 0.6) is 0 Å². The first kappa shape index (κ1) is 29.0. The lowest BCUT2D eigenvalue weighted by molar-refractivity contribution is -0.143. The highest BCUT2D eigenvalue weighted by Gasteiger charge is 2.30. The number of aliphatic hydroxyl groups is 1. The lowest BCUT2D eigenvalue weighted by Gasteiger charge is -2.26. The normalized spacial score (nSPS) is 14.6. The summed E-state index contributed by atoms with van der Waals surface area (Å²) in [5, 5.41) is 25.7. The molecule has 4 atom stereocenters. The van der Waals surface area contributed by atoms with E-state index in [0.29, 0.717) is 31.5 Å². The van der Waals surface area contributed by atoms with Crippen LogP contribution in [0.3, 0.4) is 0 Å². The van der Waals surface area contributed by atoms with Gasteiger partial charge >= 0.3 is 5.97 Å². The summed E-state index contributed by atoms with van der Waals surface area (Å²) in [6.07, 6.45) is 4.81. The molecule has 3 amide bonds. The zero-order chi connectivity index (χ0) is 25.7. The van der Waals surface area contributed by atoms with E-state index in [1.54, 1.807) is 6.20 Å². The van der Waals surface area contributed by atoms with Crippen molar-refractivity contribution in [1.29, 1.82) is 0 Å². The average Bonchev–Trinajstić information content (AvgIpc) is 3.28. The van der Waals surface area contributed by atoms with Crippen molar-refractivity contribution < 1.29 is 29.4 Å². The zero-order valence-electron chi connectivity index (χ0n) is 19.6. The number of aliphatic hydroxyl groups excluding tert-OH is 1. The number of aromatic amines is 1. The minimum Gasteiger partial charge on any atom is -0.480 e. The molecule has 1 aromatic rings. The topological polar surface area (TPSA) is 226 Å². The average molecular weight is 484 g/mol. The van der Waals surface area contributed by atoms with Crippen LogP contribution in [0.2, 0.25) is 0 Å². The van der Waals surface area contributed by atoms with E-state index in [1.807, 2.05) is 13.8 Å². The van der Waals surface area contributed by atoms with E-state index in [1.165, 1.54) is 6.33 Å². The van der Waals surface area contributed by atoms with Crippen molar-refractivity contribution in [2.24, 2.45) is 17.4 Å². The molecule has 1 rings (SSSR count). The smallest absolute Gasteiger partial charge is 0.328 e. The largest absolute Gasteiger partial charge is 0.480 e. The van der Waals surface area contributed by atoms with Crippen LogP contribution in [0, 0.1) is 5.92 Å². The molecule has 10 N–H and O–H groups in total. The summed E-state index contributed by atoms with van der Waals surface area (Å²) in [6, 6.07) is -4.46. The lowest BCUT2D eigenvalue weighted by Crippen LogP contribution is -2.57. The number of carboxylic acids is 1. The summed E-state index contributed by atoms with van der Waals surface area (Å²) in [5.41, 5.74) is 12.1. The van der Waals surface area contributed by atoms with Crippen molar-refractivity contribution in [3.63, 3.8) is 0 Å². The number of carbonyl (C=O) groups is 4. The Labute approximate surface area is 198 Å². The Kier molecular flexibility index (Phi) is 12.8. The number of unbranched alkanes of at least 4 members (excludes halogenated alkanes) is 1. The molecule has 0 saturated heterocycles. The monoisotopic (exact) mass is 483 g/mol. The summed E-state index contributed by atoms with van der Waals surface area (Å²) in [5.74, 6) is -3.25. The standard InChI is InChI=1S/C21H37N7O6/c1-12(2)7-16(27-18(30)14(23)8-13-9-24-11-25-13)20(32)26-15(5-3-4-6-22)19(31)28-17(10-29)21(33)34/h9,11-12,14-17,29H,3-8,10,22-23H2,1-2H3,(H,24,25)(H,26,32)(H,27,30)(H,28,31)(H,33,34). The Balaban J connectivity index is 2.90. The second-order valence-corrected chi connectivity index (χ2v) is 8.51. The number of amides is 3. The van der Waals surface area contributed by atoms with E-state index in [2.05, 4.69) is 25.9 Å². The minimum absolute atomic E-state index is 0.0372. The number of H-pyrrole nitrogens is 1. The number of rotatable bonds is 16. The lowest BCUT2D eigenvalue weighted by atomic mass is 10.0. The van der Waals surface area contributed by atoms with E-state index < -0.39 is 54.5 Å². The molecule has 0 radical (unpaired) electrons. The SMILES string of the molecule is CC(C)CC(NC(=O)C(N)Cc1cnc[nH]1)C(=O)NC(CCCCN)C(=O)NC(CO)C(=O)O. The van der Waals surface area contributed by atoms with E-state index in [9.17, 15) is 24.3 Å². The second-order valence-electron chi connectivity index (χ2n) is 8.51. The third kappa shape index (κ3) is 10.3. The number of aliphatic carboxylic acids is 1. The molecule has 0 spiro atoms. The summed E-state index contributed by atoms with van der Waals surface area (Å²) in [7, 11) is 0. The van der Waals surface area contributed by atoms with Crippen LogP contribution >= 0.6 is 0 Å². The maximum absolute atomic E-state index is 13.0. The molecule has 0 aliphatic carbocycles. The van der Waals surface area contributed by atoms with Crippen LogP contribution in [0.15, 0.2) is 12.5 Å². The van der Waals surface area contributed by atoms with Gasteiger partial charge in [-0.15, -0.1) is 0 Å². The van der Waals surface area contributed by atoms with Gasteiger partial charge in [-0.1, -0.05) is 13.8 Å². The van der Waals surface area contributed by atoms with Gasteiger partial charge in [0.1, 0.15) is 18.1 Å². The van der Waals surface area contributed by atoms with Crippen LogP contribution in [-0.2, 0) is 25.6 Å². The summed E-state index contributed by atoms with van der Waals surface area (Å²) in [6.45, 7) is 3.34. The quantitative estimate of drug-likeness (QED) is 0.121. The number of nitrogens with zero attached hydrogens (tertiary/aromatic N) is 1. The Morgan fingerprint density at radius 1 is 1.03 bits per heavy atom. The molecule has 0 bridgehead atoms. The van der Waals surface area contributed by atoms with Gasteiger partial charge in [0.25, 0.3) is 0 Å². The van der Waals surface area contributed by atoms with Gasteiger partial charge in [0, 0.05) is 18.3 Å². The van der Waals surface area contributed by atoms with Gasteiger partial charge in [0.15, 0.2) is 0 Å². The number of imidazole rings is 1. The van der Waals surface area contributed by atoms with Gasteiger partial charge in [0.05, 0.1) is 19.0 Å². The molecule has 1 aromatic heterocycles. The Morgan fingerprint density at radius 3 is 2.18 bits per heavy atom. The number of hydrogen-bond donors (Lipinski definition) is 8. The molecule has 1 heterocycles. The number of hydrogen-bond acceptors (Lipinski definition) is 8. The molecule has 0 saturated carbocycles. The number of nitrogens with two attached hydrogens (primary N) is 2. The Hall–Kier alpha value is -3.03. The summed E-state index contributed by atoms with van der Waals surface area (Å²) in [4.78, 5) is 56.2. The molecule has 13 nitrogen and oxygen atoms in total. The molecule has 0 fully saturated rings. The first-order valence-electron chi connectivity index (χ1n) is 11.3. The molecule has 0 aliphatic heterocycles. The maximum Gasteiger partial charge on any atom is 0.328 e. The highest BCUT2D eigenvalue weighted by Crippen LogP contribution is 2.08. The highest BCUT2D eigenvalue weighted by atomic mass is 16.4. The van der Waals surface area contributed by atoms with Gasteiger partial charge in [-0.2, -0.15) is 0 Å². The van der Waals surface area contributed by atoms with Gasteiger partial charge in [-0.05, 0) is 38.1 Å². The fourth-order valence-corrected chi connectivity index (χ4v) is 3.20. The number of nitrogens with one attached hydrogen (secondary N) is 4. The number of aromatic nitrogens is 2. The molecule has 0 aromatic carbocycles. The van der Waals surface area contributed by atoms with Crippen LogP contribution in [0.4, 0.5) is 0 Å². The van der Waals surface area contributed by atoms with E-state index in [4.69, 9.17) is 16.6 Å². The van der Waals surface area contributed by atoms with Gasteiger partial charge in [0.2, 0.25) is 17.7 Å². The highest BCUT2D eigenvalue weighted by molar-refractivity contribution is 5.94. The van der Waals surface area contributed by atoms with E-state index in [0.717, 1.165) is 0 Å². The summed E-state index contributed by atoms with van der Waals surface area (Å²) >= 11 is 0. The molecule has 192 valence electrons. The predicted octanol–water partition coefficient (Wildman–Crippen LogP) is -2.01. The molecule has 34 heavy (non-hydrogen) atoms. The van der Waals surface area contributed by atoms with Crippen molar-refractivity contribution in [3.05, 3.63) is 18.2 Å². The third-order valence-electron chi connectivity index (χ3n) is 5.05. The molecular formula is C21H37N7O6. The van der Waals surface area contributed by atoms with Crippen LogP contribution < -0.4 is 27.4 Å². The van der Waals surface area contributed by atoms with Crippen LogP contribution in [0.1, 0.15) is 45.2 Å². The molecule has 0 aliphatic rings. The predicted molar refractivity (Wildman–Crippen MR) is 123 cm³/mol. The number of carboxylic acid groups (broad SMARTS) is 1. The zero-order valence-corrected chi connectivity index (χ0v) is 19.6. The molecular weight excluding hydrogens is 446 g/mol. The fraction of sp³-hybridized carbons (Fsp3) is 0.667. The van der Waals surface area contributed by atoms with E-state index in [-0.39, 0.29) is 18.8 Å². The van der Waals surface area contributed by atoms with Crippen molar-refractivity contribution in [2.75, 3.05) is 13.2 Å². The first-order valence-corrected chi connectivity index (χ1v) is 11.3. The summed E-state index contributed by atoms with van der Waals surface area (Å²) < 4.78 is 0. The molecule has 13 heteroatoms. The van der Waals surface area contributed by atoms with E-state index >= 15 is 0 Å². The Bertz CT molecular complexity index is 787. The van der Waals surface area contributed by atoms with Gasteiger partial charge < -0.3 is 42.6 Å². The minimum atomic E-state index is -1.51. The van der Waals surface area contributed by atoms with Crippen molar-refractivity contribution >= 4 is 23.7 Å². The van der Waals surface area contributed by atoms with Crippen LogP contribution in [-0.4, -0.2) is 81.2 Å². The van der Waals surface area contributed by atoms with Crippen molar-refractivity contribution in [3.8, 4) is 0 Å². The first-order chi connectivity index (χ1) is 16.1. The second kappa shape index (κ2) is 15.0. The number of carbonyl (C=O) groups excluding carboxylic acids is 3. The Morgan fingerprint density at radius 2 is 1.65 bits per heavy atom. The van der Waals surface area contributed by atoms with Gasteiger partial charge in [-0.25, -0.2) is 9.78 Å².